The van der Waals surface area contributed by atoms with E-state index >= 15 is 0 Å². The van der Waals surface area contributed by atoms with Gasteiger partial charge in [-0.3, -0.25) is 4.79 Å². The van der Waals surface area contributed by atoms with E-state index in [0.717, 1.165) is 54.2 Å². The summed E-state index contributed by atoms with van der Waals surface area (Å²) in [5.74, 6) is 2.57. The molecule has 1 aromatic heterocycles. The van der Waals surface area contributed by atoms with Crippen LogP contribution < -0.4 is 14.8 Å². The minimum atomic E-state index is -0.250. The Hall–Kier alpha value is -2.58. The van der Waals surface area contributed by atoms with Gasteiger partial charge in [0.25, 0.3) is 6.47 Å². The minimum absolute atomic E-state index is 0.250. The molecule has 5 rings (SSSR count). The summed E-state index contributed by atoms with van der Waals surface area (Å²) in [6, 6.07) is 4.71. The number of nitrogens with zero attached hydrogens (tertiary/aromatic N) is 2. The fourth-order valence-electron chi connectivity index (χ4n) is 4.46. The molecule has 174 valence electrons. The first kappa shape index (κ1) is 22.6. The topological polar surface area (TPSA) is 93.1 Å². The number of benzene rings is 1. The number of rotatable bonds is 8. The summed E-state index contributed by atoms with van der Waals surface area (Å²) < 4.78 is 17.5. The van der Waals surface area contributed by atoms with Crippen LogP contribution in [0, 0.1) is 0 Å². The van der Waals surface area contributed by atoms with Crippen LogP contribution >= 0.6 is 0 Å². The van der Waals surface area contributed by atoms with Crippen molar-refractivity contribution in [2.24, 2.45) is 0 Å². The van der Waals surface area contributed by atoms with Crippen LogP contribution in [0.25, 0.3) is 10.9 Å². The van der Waals surface area contributed by atoms with Crippen molar-refractivity contribution in [2.75, 3.05) is 45.3 Å². The van der Waals surface area contributed by atoms with Crippen LogP contribution in [0.1, 0.15) is 43.2 Å². The van der Waals surface area contributed by atoms with Crippen molar-refractivity contribution in [3.8, 4) is 11.5 Å². The highest BCUT2D eigenvalue weighted by molar-refractivity contribution is 5.89. The van der Waals surface area contributed by atoms with Gasteiger partial charge in [0, 0.05) is 29.6 Å². The normalized spacial score (nSPS) is 17.9. The molecule has 1 aliphatic carbocycles. The summed E-state index contributed by atoms with van der Waals surface area (Å²) in [5, 5.41) is 11.6. The van der Waals surface area contributed by atoms with Crippen LogP contribution in [-0.2, 0) is 22.6 Å². The molecule has 2 fully saturated rings. The molecule has 1 saturated heterocycles. The fraction of sp³-hybridized carbons (Fsp3) is 0.583. The van der Waals surface area contributed by atoms with Crippen LogP contribution in [0.3, 0.4) is 0 Å². The zero-order valence-corrected chi connectivity index (χ0v) is 18.8. The Morgan fingerprint density at radius 1 is 1.25 bits per heavy atom. The lowest BCUT2D eigenvalue weighted by atomic mass is 9.98. The smallest absolute Gasteiger partial charge is 0.290 e. The first-order valence-electron chi connectivity index (χ1n) is 11.5. The molecule has 0 radical (unpaired) electrons. The zero-order valence-electron chi connectivity index (χ0n) is 18.8. The second kappa shape index (κ2) is 10.8. The van der Waals surface area contributed by atoms with Gasteiger partial charge in [-0.15, -0.1) is 0 Å². The van der Waals surface area contributed by atoms with E-state index in [4.69, 9.17) is 29.1 Å². The molecule has 0 spiro atoms. The molecule has 1 aromatic carbocycles. The summed E-state index contributed by atoms with van der Waals surface area (Å²) in [7, 11) is 1.71. The molecule has 3 aliphatic rings. The number of carboxylic acid groups (broad SMARTS) is 1. The Labute approximate surface area is 188 Å². The number of anilines is 1. The number of hydrogen-bond donors (Lipinski definition) is 2. The number of carbonyl (C=O) groups is 1. The van der Waals surface area contributed by atoms with Crippen molar-refractivity contribution >= 4 is 23.2 Å². The van der Waals surface area contributed by atoms with Crippen molar-refractivity contribution in [3.05, 3.63) is 23.3 Å². The maximum Gasteiger partial charge on any atom is 0.290 e. The fourth-order valence-corrected chi connectivity index (χ4v) is 4.46. The third-order valence-corrected chi connectivity index (χ3v) is 6.23. The SMILES string of the molecule is COc1cc2c3c(c(NC4CC4)nc2cc1OCCCN1CCCC1)COCC3.O=CO. The molecular weight excluding hydrogens is 410 g/mol. The molecule has 8 nitrogen and oxygen atoms in total. The predicted octanol–water partition coefficient (Wildman–Crippen LogP) is 3.46. The van der Waals surface area contributed by atoms with Gasteiger partial charge in [-0.05, 0) is 63.2 Å². The maximum atomic E-state index is 8.36. The second-order valence-corrected chi connectivity index (χ2v) is 8.52. The van der Waals surface area contributed by atoms with Gasteiger partial charge in [0.05, 0.1) is 32.4 Å². The maximum absolute atomic E-state index is 8.36. The van der Waals surface area contributed by atoms with Gasteiger partial charge >= 0.3 is 0 Å². The zero-order chi connectivity index (χ0) is 22.3. The number of pyridine rings is 1. The van der Waals surface area contributed by atoms with Crippen LogP contribution in [0.4, 0.5) is 5.82 Å². The third kappa shape index (κ3) is 5.42. The van der Waals surface area contributed by atoms with Crippen LogP contribution in [-0.4, -0.2) is 67.5 Å². The summed E-state index contributed by atoms with van der Waals surface area (Å²) in [6.07, 6.45) is 7.05. The van der Waals surface area contributed by atoms with Gasteiger partial charge in [-0.1, -0.05) is 0 Å². The van der Waals surface area contributed by atoms with Gasteiger partial charge < -0.3 is 29.5 Å². The van der Waals surface area contributed by atoms with Gasteiger partial charge in [0.1, 0.15) is 5.82 Å². The molecule has 32 heavy (non-hydrogen) atoms. The number of ether oxygens (including phenoxy) is 3. The van der Waals surface area contributed by atoms with Crippen molar-refractivity contribution in [2.45, 2.75) is 51.2 Å². The number of hydrogen-bond acceptors (Lipinski definition) is 7. The molecule has 8 heteroatoms. The van der Waals surface area contributed by atoms with Gasteiger partial charge in [0.2, 0.25) is 0 Å². The monoisotopic (exact) mass is 443 g/mol. The Morgan fingerprint density at radius 3 is 2.75 bits per heavy atom. The highest BCUT2D eigenvalue weighted by Crippen LogP contribution is 2.38. The van der Waals surface area contributed by atoms with Crippen LogP contribution in [0.15, 0.2) is 12.1 Å². The Morgan fingerprint density at radius 2 is 2.03 bits per heavy atom. The number of likely N-dealkylation sites (tertiary alicyclic amines) is 1. The number of aromatic nitrogens is 1. The summed E-state index contributed by atoms with van der Waals surface area (Å²) in [6.45, 7) is 5.40. The molecule has 0 amide bonds. The lowest BCUT2D eigenvalue weighted by molar-refractivity contribution is -0.122. The first-order valence-corrected chi connectivity index (χ1v) is 11.5. The minimum Gasteiger partial charge on any atom is -0.493 e. The van der Waals surface area contributed by atoms with Crippen molar-refractivity contribution in [1.29, 1.82) is 0 Å². The average molecular weight is 444 g/mol. The molecule has 1 saturated carbocycles. The lowest BCUT2D eigenvalue weighted by Crippen LogP contribution is -2.22. The lowest BCUT2D eigenvalue weighted by Gasteiger charge is -2.23. The number of fused-ring (bicyclic) bond motifs is 3. The first-order chi connectivity index (χ1) is 15.7. The quantitative estimate of drug-likeness (QED) is 0.473. The van der Waals surface area contributed by atoms with Crippen LogP contribution in [0.5, 0.6) is 11.5 Å². The van der Waals surface area contributed by atoms with Gasteiger partial charge in [-0.25, -0.2) is 4.98 Å². The molecule has 2 aromatic rings. The molecular formula is C24H33N3O5. The van der Waals surface area contributed by atoms with E-state index in [1.807, 2.05) is 0 Å². The van der Waals surface area contributed by atoms with E-state index in [1.54, 1.807) is 7.11 Å². The van der Waals surface area contributed by atoms with Gasteiger partial charge in [-0.2, -0.15) is 0 Å². The van der Waals surface area contributed by atoms with Crippen molar-refractivity contribution < 1.29 is 24.1 Å². The summed E-state index contributed by atoms with van der Waals surface area (Å²) in [5.41, 5.74) is 3.52. The second-order valence-electron chi connectivity index (χ2n) is 8.52. The largest absolute Gasteiger partial charge is 0.493 e. The average Bonchev–Trinajstić information content (AvgIpc) is 3.47. The molecule has 0 bridgehead atoms. The van der Waals surface area contributed by atoms with Crippen LogP contribution in [0.2, 0.25) is 0 Å². The van der Waals surface area contributed by atoms with E-state index in [0.29, 0.717) is 19.3 Å². The standard InChI is InChI=1S/C23H31N3O3.CH2O2/c1-27-21-13-18-17-7-12-28-15-19(17)23(24-16-5-6-16)25-20(18)14-22(21)29-11-4-10-26-8-2-3-9-26;2-1-3/h13-14,16H,2-12,15H2,1H3,(H,24,25);1H,(H,2,3). The molecule has 0 atom stereocenters. The van der Waals surface area contributed by atoms with E-state index in [9.17, 15) is 0 Å². The molecule has 0 unspecified atom stereocenters. The van der Waals surface area contributed by atoms with Crippen molar-refractivity contribution in [3.63, 3.8) is 0 Å². The van der Waals surface area contributed by atoms with E-state index < -0.39 is 0 Å². The molecule has 3 heterocycles. The van der Waals surface area contributed by atoms with E-state index in [2.05, 4.69) is 22.3 Å². The predicted molar refractivity (Wildman–Crippen MR) is 123 cm³/mol. The summed E-state index contributed by atoms with van der Waals surface area (Å²) in [4.78, 5) is 15.8. The molecule has 2 aliphatic heterocycles. The Kier molecular flexibility index (Phi) is 7.65. The van der Waals surface area contributed by atoms with Crippen molar-refractivity contribution in [1.82, 2.24) is 9.88 Å². The third-order valence-electron chi connectivity index (χ3n) is 6.23. The summed E-state index contributed by atoms with van der Waals surface area (Å²) >= 11 is 0. The Balaban J connectivity index is 0.000000775. The highest BCUT2D eigenvalue weighted by atomic mass is 16.5. The van der Waals surface area contributed by atoms with E-state index in [1.165, 1.54) is 49.9 Å². The molecule has 2 N–H and O–H groups in total. The van der Waals surface area contributed by atoms with E-state index in [-0.39, 0.29) is 6.47 Å². The number of nitrogens with one attached hydrogen (secondary N) is 1. The number of methoxy groups -OCH3 is 1. The Bertz CT molecular complexity index is 926. The van der Waals surface area contributed by atoms with Gasteiger partial charge in [0.15, 0.2) is 11.5 Å². The highest BCUT2D eigenvalue weighted by Gasteiger charge is 2.26.